The second-order valence-corrected chi connectivity index (χ2v) is 2.92. The van der Waals surface area contributed by atoms with Gasteiger partial charge in [0.2, 0.25) is 0 Å². The van der Waals surface area contributed by atoms with E-state index in [0.717, 1.165) is 0 Å². The lowest BCUT2D eigenvalue weighted by molar-refractivity contribution is -0.241. The van der Waals surface area contributed by atoms with Crippen molar-refractivity contribution in [2.75, 3.05) is 7.11 Å². The third kappa shape index (κ3) is 2.62. The predicted octanol–water partition coefficient (Wildman–Crippen LogP) is 0.821. The summed E-state index contributed by atoms with van der Waals surface area (Å²) >= 11 is 0. The molecular weight excluding hydrogens is 192 g/mol. The summed E-state index contributed by atoms with van der Waals surface area (Å²) in [6, 6.07) is 0. The van der Waals surface area contributed by atoms with Crippen molar-refractivity contribution in [2.24, 2.45) is 0 Å². The maximum Gasteiger partial charge on any atom is 0.404 e. The van der Waals surface area contributed by atoms with Gasteiger partial charge in [-0.2, -0.15) is 17.2 Å². The Hall–Kier alpha value is -0.370. The average Bonchev–Trinajstić information content (AvgIpc) is 1.84. The summed E-state index contributed by atoms with van der Waals surface area (Å²) in [4.78, 5) is 0. The molecule has 0 aliphatic carbocycles. The molecule has 3 nitrogen and oxygen atoms in total. The number of halogens is 4. The van der Waals surface area contributed by atoms with Crippen LogP contribution in [-0.2, 0) is 15.0 Å². The summed E-state index contributed by atoms with van der Waals surface area (Å²) in [5, 5.41) is 0. The number of ether oxygens (including phenoxy) is 1. The Kier molecular flexibility index (Phi) is 2.84. The molecule has 0 saturated carbocycles. The fourth-order valence-electron chi connectivity index (χ4n) is 0.257. The van der Waals surface area contributed by atoms with Crippen LogP contribution in [-0.4, -0.2) is 27.1 Å². The van der Waals surface area contributed by atoms with Crippen molar-refractivity contribution >= 4 is 10.2 Å². The van der Waals surface area contributed by atoms with Gasteiger partial charge < -0.3 is 4.74 Å². The zero-order valence-electron chi connectivity index (χ0n) is 5.22. The van der Waals surface area contributed by atoms with Crippen LogP contribution < -0.4 is 0 Å². The first-order valence-electron chi connectivity index (χ1n) is 2.22. The quantitative estimate of drug-likeness (QED) is 0.495. The standard InChI is InChI=1S/C3H4F4O3S/c1-10-3(5,6)2(4)11(7,8)9/h2H,1H3. The van der Waals surface area contributed by atoms with Gasteiger partial charge in [-0.25, -0.2) is 4.39 Å². The maximum absolute atomic E-state index is 11.8. The molecule has 68 valence electrons. The van der Waals surface area contributed by atoms with Gasteiger partial charge in [-0.05, 0) is 0 Å². The average molecular weight is 196 g/mol. The maximum atomic E-state index is 11.8. The highest BCUT2D eigenvalue weighted by molar-refractivity contribution is 7.86. The SMILES string of the molecule is COC(F)(F)C(F)S(=O)(=O)F. The van der Waals surface area contributed by atoms with E-state index in [2.05, 4.69) is 4.74 Å². The largest absolute Gasteiger partial charge is 0.404 e. The highest BCUT2D eigenvalue weighted by atomic mass is 32.3. The van der Waals surface area contributed by atoms with Gasteiger partial charge in [0.25, 0.3) is 0 Å². The number of hydrogen-bond donors (Lipinski definition) is 0. The molecule has 1 unspecified atom stereocenters. The Morgan fingerprint density at radius 3 is 1.91 bits per heavy atom. The fourth-order valence-corrected chi connectivity index (χ4v) is 0.681. The first kappa shape index (κ1) is 10.6. The first-order chi connectivity index (χ1) is 4.72. The normalized spacial score (nSPS) is 16.5. The summed E-state index contributed by atoms with van der Waals surface area (Å²) in [5.74, 6) is 0. The zero-order chi connectivity index (χ0) is 9.28. The molecule has 0 aromatic rings. The van der Waals surface area contributed by atoms with E-state index >= 15 is 0 Å². The van der Waals surface area contributed by atoms with Crippen LogP contribution in [0.15, 0.2) is 0 Å². The monoisotopic (exact) mass is 196 g/mol. The number of methoxy groups -OCH3 is 1. The van der Waals surface area contributed by atoms with Gasteiger partial charge in [0.15, 0.2) is 0 Å². The molecular formula is C3H4F4O3S. The molecule has 0 rings (SSSR count). The van der Waals surface area contributed by atoms with Crippen LogP contribution >= 0.6 is 0 Å². The Bertz CT molecular complexity index is 223. The Labute approximate surface area is 60.2 Å². The van der Waals surface area contributed by atoms with Crippen molar-refractivity contribution in [1.29, 1.82) is 0 Å². The summed E-state index contributed by atoms with van der Waals surface area (Å²) in [6.07, 6.45) is -4.65. The second kappa shape index (κ2) is 2.94. The lowest BCUT2D eigenvalue weighted by Crippen LogP contribution is -2.36. The van der Waals surface area contributed by atoms with E-state index in [1.54, 1.807) is 0 Å². The zero-order valence-corrected chi connectivity index (χ0v) is 6.04. The number of rotatable bonds is 3. The van der Waals surface area contributed by atoms with Gasteiger partial charge in [0.1, 0.15) is 0 Å². The van der Waals surface area contributed by atoms with Crippen molar-refractivity contribution in [1.82, 2.24) is 0 Å². The highest BCUT2D eigenvalue weighted by Crippen LogP contribution is 2.26. The Morgan fingerprint density at radius 1 is 1.45 bits per heavy atom. The van der Waals surface area contributed by atoms with Crippen molar-refractivity contribution in [3.05, 3.63) is 0 Å². The third-order valence-electron chi connectivity index (χ3n) is 0.784. The molecule has 0 aromatic carbocycles. The first-order valence-corrected chi connectivity index (χ1v) is 3.67. The van der Waals surface area contributed by atoms with Crippen molar-refractivity contribution in [3.8, 4) is 0 Å². The summed E-state index contributed by atoms with van der Waals surface area (Å²) < 4.78 is 69.2. The predicted molar refractivity (Wildman–Crippen MR) is 26.9 cm³/mol. The number of alkyl halides is 3. The fraction of sp³-hybridized carbons (Fsp3) is 1.00. The summed E-state index contributed by atoms with van der Waals surface area (Å²) in [7, 11) is -5.56. The van der Waals surface area contributed by atoms with E-state index in [-0.39, 0.29) is 0 Å². The molecule has 0 aliphatic heterocycles. The topological polar surface area (TPSA) is 43.4 Å². The summed E-state index contributed by atoms with van der Waals surface area (Å²) in [5.41, 5.74) is -3.97. The van der Waals surface area contributed by atoms with Gasteiger partial charge in [0, 0.05) is 7.11 Å². The molecule has 0 amide bonds. The molecule has 0 aromatic heterocycles. The van der Waals surface area contributed by atoms with Crippen molar-refractivity contribution < 1.29 is 30.2 Å². The van der Waals surface area contributed by atoms with Crippen LogP contribution in [0.1, 0.15) is 0 Å². The van der Waals surface area contributed by atoms with Gasteiger partial charge >= 0.3 is 21.8 Å². The molecule has 0 N–H and O–H groups in total. The molecule has 0 aliphatic rings. The van der Waals surface area contributed by atoms with E-state index in [1.165, 1.54) is 0 Å². The molecule has 8 heteroatoms. The van der Waals surface area contributed by atoms with Crippen LogP contribution in [0.5, 0.6) is 0 Å². The molecule has 1 atom stereocenters. The van der Waals surface area contributed by atoms with Gasteiger partial charge in [0.05, 0.1) is 0 Å². The van der Waals surface area contributed by atoms with E-state index in [0.29, 0.717) is 7.11 Å². The van der Waals surface area contributed by atoms with Crippen LogP contribution in [0.3, 0.4) is 0 Å². The third-order valence-corrected chi connectivity index (χ3v) is 1.55. The lowest BCUT2D eigenvalue weighted by Gasteiger charge is -2.14. The van der Waals surface area contributed by atoms with Crippen LogP contribution in [0.25, 0.3) is 0 Å². The molecule has 0 fully saturated rings. The van der Waals surface area contributed by atoms with Gasteiger partial charge in [-0.1, -0.05) is 0 Å². The molecule has 0 heterocycles. The van der Waals surface area contributed by atoms with Crippen molar-refractivity contribution in [3.63, 3.8) is 0 Å². The van der Waals surface area contributed by atoms with E-state index in [1.807, 2.05) is 0 Å². The Balaban J connectivity index is 4.63. The van der Waals surface area contributed by atoms with Gasteiger partial charge in [-0.15, -0.1) is 3.89 Å². The molecule has 0 radical (unpaired) electrons. The lowest BCUT2D eigenvalue weighted by atomic mass is 10.7. The van der Waals surface area contributed by atoms with E-state index < -0.39 is 21.8 Å². The van der Waals surface area contributed by atoms with E-state index in [9.17, 15) is 25.5 Å². The summed E-state index contributed by atoms with van der Waals surface area (Å²) in [6.45, 7) is 0. The van der Waals surface area contributed by atoms with E-state index in [4.69, 9.17) is 0 Å². The van der Waals surface area contributed by atoms with Crippen LogP contribution in [0, 0.1) is 0 Å². The minimum absolute atomic E-state index is 0.359. The van der Waals surface area contributed by atoms with Crippen molar-refractivity contribution in [2.45, 2.75) is 11.6 Å². The van der Waals surface area contributed by atoms with Crippen LogP contribution in [0.4, 0.5) is 17.1 Å². The minimum Gasteiger partial charge on any atom is -0.321 e. The minimum atomic E-state index is -5.91. The molecule has 11 heavy (non-hydrogen) atoms. The van der Waals surface area contributed by atoms with Crippen LogP contribution in [0.2, 0.25) is 0 Å². The molecule has 0 saturated heterocycles. The number of hydrogen-bond acceptors (Lipinski definition) is 3. The molecule has 0 spiro atoms. The Morgan fingerprint density at radius 2 is 1.82 bits per heavy atom. The highest BCUT2D eigenvalue weighted by Gasteiger charge is 2.50. The van der Waals surface area contributed by atoms with Gasteiger partial charge in [-0.3, -0.25) is 0 Å². The molecule has 0 bridgehead atoms. The second-order valence-electron chi connectivity index (χ2n) is 1.56. The smallest absolute Gasteiger partial charge is 0.321 e.